The van der Waals surface area contributed by atoms with Crippen molar-refractivity contribution in [2.45, 2.75) is 39.8 Å². The van der Waals surface area contributed by atoms with Gasteiger partial charge in [0, 0.05) is 25.1 Å². The monoisotopic (exact) mass is 310 g/mol. The predicted molar refractivity (Wildman–Crippen MR) is 81.0 cm³/mol. The van der Waals surface area contributed by atoms with E-state index in [0.717, 1.165) is 22.7 Å². The summed E-state index contributed by atoms with van der Waals surface area (Å²) in [5.74, 6) is 0.172. The number of para-hydroxylation sites is 1. The highest BCUT2D eigenvalue weighted by Crippen LogP contribution is 2.36. The molecule has 6 heteroatoms. The van der Waals surface area contributed by atoms with E-state index in [1.807, 2.05) is 43.5 Å². The van der Waals surface area contributed by atoms with Crippen LogP contribution in [-0.4, -0.2) is 20.4 Å². The molecular weight excluding hydrogens is 292 g/mol. The number of benzene rings is 1. The first-order valence-corrected chi connectivity index (χ1v) is 6.61. The summed E-state index contributed by atoms with van der Waals surface area (Å²) in [6.07, 6.45) is 1.71. The third-order valence-electron chi connectivity index (χ3n) is 3.52. The van der Waals surface area contributed by atoms with Gasteiger partial charge in [-0.15, -0.1) is 12.4 Å². The molecule has 2 aromatic rings. The lowest BCUT2D eigenvalue weighted by Gasteiger charge is -2.33. The summed E-state index contributed by atoms with van der Waals surface area (Å²) in [5.41, 5.74) is 3.52. The Balaban J connectivity index is 0.00000161. The summed E-state index contributed by atoms with van der Waals surface area (Å²) in [6.45, 7) is 6.18. The van der Waals surface area contributed by atoms with Crippen LogP contribution in [0.1, 0.15) is 30.8 Å². The summed E-state index contributed by atoms with van der Waals surface area (Å²) in [7, 11) is 0. The minimum atomic E-state index is -0.641. The number of aliphatic hydroxyl groups excluding tert-OH is 1. The lowest BCUT2D eigenvalue weighted by atomic mass is 10.1. The Morgan fingerprint density at radius 1 is 1.38 bits per heavy atom. The van der Waals surface area contributed by atoms with Crippen LogP contribution >= 0.6 is 12.4 Å². The minimum Gasteiger partial charge on any atom is -0.460 e. The highest BCUT2D eigenvalue weighted by atomic mass is 35.5. The summed E-state index contributed by atoms with van der Waals surface area (Å²) >= 11 is 0. The van der Waals surface area contributed by atoms with Gasteiger partial charge >= 0.3 is 0 Å². The molecule has 1 aliphatic rings. The molecule has 0 bridgehead atoms. The molecule has 0 radical (unpaired) electrons. The molecule has 5 nitrogen and oxygen atoms in total. The Kier molecular flexibility index (Phi) is 4.27. The molecule has 114 valence electrons. The average molecular weight is 311 g/mol. The second-order valence-corrected chi connectivity index (χ2v) is 5.36. The van der Waals surface area contributed by atoms with Crippen molar-refractivity contribution < 1.29 is 14.6 Å². The van der Waals surface area contributed by atoms with E-state index in [0.29, 0.717) is 12.3 Å². The second-order valence-electron chi connectivity index (χ2n) is 5.36. The van der Waals surface area contributed by atoms with Crippen LogP contribution in [0.5, 0.6) is 5.75 Å². The second kappa shape index (κ2) is 5.67. The summed E-state index contributed by atoms with van der Waals surface area (Å²) in [5, 5.41) is 9.27. The van der Waals surface area contributed by atoms with Crippen molar-refractivity contribution in [1.82, 2.24) is 9.55 Å². The number of rotatable bonds is 2. The summed E-state index contributed by atoms with van der Waals surface area (Å²) in [6, 6.07) is 5.95. The molecule has 0 amide bonds. The van der Waals surface area contributed by atoms with Gasteiger partial charge in [0.05, 0.1) is 30.9 Å². The quantitative estimate of drug-likeness (QED) is 0.926. The molecule has 0 aliphatic carbocycles. The van der Waals surface area contributed by atoms with Crippen LogP contribution in [0.4, 0.5) is 0 Å². The number of aromatic nitrogens is 2. The third-order valence-corrected chi connectivity index (χ3v) is 3.52. The van der Waals surface area contributed by atoms with E-state index in [-0.39, 0.29) is 19.0 Å². The van der Waals surface area contributed by atoms with Crippen molar-refractivity contribution >= 4 is 12.4 Å². The molecule has 3 rings (SSSR count). The van der Waals surface area contributed by atoms with Crippen molar-refractivity contribution in [2.75, 3.05) is 0 Å². The molecule has 0 spiro atoms. The Morgan fingerprint density at radius 3 is 2.81 bits per heavy atom. The number of ether oxygens (including phenoxy) is 2. The number of hydrogen-bond acceptors (Lipinski definition) is 4. The van der Waals surface area contributed by atoms with E-state index < -0.39 is 5.79 Å². The van der Waals surface area contributed by atoms with Crippen molar-refractivity contribution in [2.24, 2.45) is 0 Å². The molecule has 1 N–H and O–H groups in total. The van der Waals surface area contributed by atoms with Crippen LogP contribution in [0.25, 0.3) is 5.69 Å². The highest BCUT2D eigenvalue weighted by molar-refractivity contribution is 5.85. The topological polar surface area (TPSA) is 56.5 Å². The Bertz CT molecular complexity index is 652. The predicted octanol–water partition coefficient (Wildman–Crippen LogP) is 2.74. The van der Waals surface area contributed by atoms with Gasteiger partial charge in [0.2, 0.25) is 5.79 Å². The molecule has 21 heavy (non-hydrogen) atoms. The summed E-state index contributed by atoms with van der Waals surface area (Å²) in [4.78, 5) is 4.22. The van der Waals surface area contributed by atoms with Crippen LogP contribution in [-0.2, 0) is 18.0 Å². The van der Waals surface area contributed by atoms with Crippen molar-refractivity contribution in [3.05, 3.63) is 41.5 Å². The maximum absolute atomic E-state index is 9.27. The average Bonchev–Trinajstić information content (AvgIpc) is 2.78. The molecule has 1 aromatic heterocycles. The molecule has 1 aromatic carbocycles. The van der Waals surface area contributed by atoms with Gasteiger partial charge in [-0.25, -0.2) is 4.98 Å². The molecule has 1 aliphatic heterocycles. The molecule has 0 fully saturated rings. The van der Waals surface area contributed by atoms with Gasteiger partial charge in [0.15, 0.2) is 5.75 Å². The number of imidazole rings is 1. The van der Waals surface area contributed by atoms with E-state index in [1.165, 1.54) is 0 Å². The molecule has 0 atom stereocenters. The van der Waals surface area contributed by atoms with E-state index in [9.17, 15) is 5.11 Å². The fraction of sp³-hybridized carbons (Fsp3) is 0.400. The normalized spacial score (nSPS) is 15.8. The van der Waals surface area contributed by atoms with E-state index in [1.54, 1.807) is 6.33 Å². The van der Waals surface area contributed by atoms with E-state index >= 15 is 0 Å². The molecule has 0 saturated carbocycles. The summed E-state index contributed by atoms with van der Waals surface area (Å²) < 4.78 is 13.6. The maximum Gasteiger partial charge on any atom is 0.205 e. The zero-order valence-corrected chi connectivity index (χ0v) is 13.1. The zero-order chi connectivity index (χ0) is 14.3. The van der Waals surface area contributed by atoms with Crippen LogP contribution in [0.15, 0.2) is 24.5 Å². The number of nitrogens with zero attached hydrogens (tertiary/aromatic N) is 2. The van der Waals surface area contributed by atoms with Crippen molar-refractivity contribution in [3.8, 4) is 11.4 Å². The smallest absolute Gasteiger partial charge is 0.205 e. The molecular formula is C15H19ClN2O3. The fourth-order valence-corrected chi connectivity index (χ4v) is 2.36. The molecule has 2 heterocycles. The van der Waals surface area contributed by atoms with E-state index in [4.69, 9.17) is 9.47 Å². The van der Waals surface area contributed by atoms with Crippen molar-refractivity contribution in [1.29, 1.82) is 0 Å². The Hall–Kier alpha value is -1.56. The van der Waals surface area contributed by atoms with Crippen LogP contribution in [0.3, 0.4) is 0 Å². The molecule has 0 saturated heterocycles. The standard InChI is InChI=1S/C15H18N2O3.ClH/c1-10-12(7-18)16-9-17(10)13-6-4-5-11-8-19-15(2,3)20-14(11)13;/h4-6,9,18H,7-8H2,1-3H3;1H. The minimum absolute atomic E-state index is 0. The van der Waals surface area contributed by atoms with Crippen LogP contribution in [0, 0.1) is 6.92 Å². The largest absolute Gasteiger partial charge is 0.460 e. The van der Waals surface area contributed by atoms with Gasteiger partial charge in [-0.05, 0) is 13.0 Å². The SMILES string of the molecule is Cc1c(CO)ncn1-c1cccc2c1OC(C)(C)OC2.Cl. The van der Waals surface area contributed by atoms with Crippen LogP contribution < -0.4 is 4.74 Å². The number of hydrogen-bond donors (Lipinski definition) is 1. The lowest BCUT2D eigenvalue weighted by Crippen LogP contribution is -2.35. The number of fused-ring (bicyclic) bond motifs is 1. The first kappa shape index (κ1) is 15.8. The Morgan fingerprint density at radius 2 is 2.14 bits per heavy atom. The third kappa shape index (κ3) is 2.77. The highest BCUT2D eigenvalue weighted by Gasteiger charge is 2.29. The van der Waals surface area contributed by atoms with Gasteiger partial charge in [-0.2, -0.15) is 0 Å². The van der Waals surface area contributed by atoms with Crippen LogP contribution in [0.2, 0.25) is 0 Å². The number of aliphatic hydroxyl groups is 1. The lowest BCUT2D eigenvalue weighted by molar-refractivity contribution is -0.180. The Labute approximate surface area is 129 Å². The van der Waals surface area contributed by atoms with Gasteiger partial charge < -0.3 is 14.6 Å². The molecule has 0 unspecified atom stereocenters. The van der Waals surface area contributed by atoms with Gasteiger partial charge in [-0.1, -0.05) is 12.1 Å². The fourth-order valence-electron chi connectivity index (χ4n) is 2.36. The van der Waals surface area contributed by atoms with Gasteiger partial charge in [-0.3, -0.25) is 4.57 Å². The van der Waals surface area contributed by atoms with Gasteiger partial charge in [0.25, 0.3) is 0 Å². The zero-order valence-electron chi connectivity index (χ0n) is 12.3. The maximum atomic E-state index is 9.27. The van der Waals surface area contributed by atoms with E-state index in [2.05, 4.69) is 4.98 Å². The van der Waals surface area contributed by atoms with Gasteiger partial charge in [0.1, 0.15) is 0 Å². The first-order valence-electron chi connectivity index (χ1n) is 6.61. The first-order chi connectivity index (χ1) is 9.52. The number of halogens is 1. The van der Waals surface area contributed by atoms with Crippen molar-refractivity contribution in [3.63, 3.8) is 0 Å².